The molecule has 0 N–H and O–H groups in total. The Labute approximate surface area is 133 Å². The lowest BCUT2D eigenvalue weighted by Crippen LogP contribution is -2.52. The molecule has 23 heavy (non-hydrogen) atoms. The van der Waals surface area contributed by atoms with Crippen LogP contribution in [0.4, 0.5) is 4.39 Å². The van der Waals surface area contributed by atoms with E-state index < -0.39 is 27.0 Å². The van der Waals surface area contributed by atoms with Gasteiger partial charge in [-0.05, 0) is 13.8 Å². The summed E-state index contributed by atoms with van der Waals surface area (Å²) in [7, 11) is -3.34. The zero-order chi connectivity index (χ0) is 16.8. The van der Waals surface area contributed by atoms with Crippen molar-refractivity contribution in [2.45, 2.75) is 25.6 Å². The van der Waals surface area contributed by atoms with E-state index in [4.69, 9.17) is 4.74 Å². The van der Waals surface area contributed by atoms with Crippen molar-refractivity contribution in [1.29, 1.82) is 0 Å². The lowest BCUT2D eigenvalue weighted by Gasteiger charge is -2.34. The SMILES string of the molecule is CC(C)S(=O)(=O)N1CCN(C(=O)c2nn3c(c2F)OCC3)CC1. The van der Waals surface area contributed by atoms with Crippen molar-refractivity contribution in [2.75, 3.05) is 32.8 Å². The van der Waals surface area contributed by atoms with Gasteiger partial charge in [-0.15, -0.1) is 0 Å². The van der Waals surface area contributed by atoms with Crippen LogP contribution in [-0.4, -0.2) is 71.3 Å². The highest BCUT2D eigenvalue weighted by molar-refractivity contribution is 7.89. The van der Waals surface area contributed by atoms with Crippen LogP contribution < -0.4 is 4.74 Å². The van der Waals surface area contributed by atoms with Crippen LogP contribution in [0.15, 0.2) is 0 Å². The molecule has 1 aromatic rings. The quantitative estimate of drug-likeness (QED) is 0.764. The van der Waals surface area contributed by atoms with Crippen molar-refractivity contribution >= 4 is 15.9 Å². The number of aromatic nitrogens is 2. The van der Waals surface area contributed by atoms with E-state index in [1.54, 1.807) is 13.8 Å². The van der Waals surface area contributed by atoms with Crippen LogP contribution in [0.2, 0.25) is 0 Å². The maximum atomic E-state index is 14.1. The summed E-state index contributed by atoms with van der Waals surface area (Å²) in [6, 6.07) is 0. The van der Waals surface area contributed by atoms with E-state index in [1.165, 1.54) is 13.9 Å². The fraction of sp³-hybridized carbons (Fsp3) is 0.692. The molecule has 1 aromatic heterocycles. The summed E-state index contributed by atoms with van der Waals surface area (Å²) in [6.45, 7) is 4.85. The highest BCUT2D eigenvalue weighted by Crippen LogP contribution is 2.25. The van der Waals surface area contributed by atoms with E-state index in [1.807, 2.05) is 0 Å². The zero-order valence-corrected chi connectivity index (χ0v) is 13.8. The Morgan fingerprint density at radius 3 is 2.43 bits per heavy atom. The number of carbonyl (C=O) groups excluding carboxylic acids is 1. The molecule has 0 saturated carbocycles. The summed E-state index contributed by atoms with van der Waals surface area (Å²) in [4.78, 5) is 13.8. The Balaban J connectivity index is 1.70. The number of hydrogen-bond donors (Lipinski definition) is 0. The third kappa shape index (κ3) is 2.69. The number of piperazine rings is 1. The summed E-state index contributed by atoms with van der Waals surface area (Å²) in [5.74, 6) is -1.28. The highest BCUT2D eigenvalue weighted by atomic mass is 32.2. The number of hydrogen-bond acceptors (Lipinski definition) is 5. The lowest BCUT2D eigenvalue weighted by atomic mass is 10.3. The minimum absolute atomic E-state index is 0.00521. The van der Waals surface area contributed by atoms with Gasteiger partial charge in [-0.25, -0.2) is 13.1 Å². The van der Waals surface area contributed by atoms with Gasteiger partial charge in [0.15, 0.2) is 5.69 Å². The number of halogens is 1. The molecular weight excluding hydrogens is 327 g/mol. The van der Waals surface area contributed by atoms with Gasteiger partial charge in [0.1, 0.15) is 6.61 Å². The maximum absolute atomic E-state index is 14.1. The monoisotopic (exact) mass is 346 g/mol. The molecule has 3 heterocycles. The fourth-order valence-corrected chi connectivity index (χ4v) is 3.94. The van der Waals surface area contributed by atoms with Gasteiger partial charge in [-0.1, -0.05) is 0 Å². The Morgan fingerprint density at radius 1 is 1.22 bits per heavy atom. The van der Waals surface area contributed by atoms with E-state index in [2.05, 4.69) is 5.10 Å². The maximum Gasteiger partial charge on any atom is 0.277 e. The second-order valence-corrected chi connectivity index (χ2v) is 8.31. The van der Waals surface area contributed by atoms with Gasteiger partial charge in [-0.2, -0.15) is 13.8 Å². The van der Waals surface area contributed by atoms with Gasteiger partial charge in [-0.3, -0.25) is 4.79 Å². The number of nitrogens with zero attached hydrogens (tertiary/aromatic N) is 4. The molecule has 0 radical (unpaired) electrons. The molecule has 0 atom stereocenters. The topological polar surface area (TPSA) is 84.7 Å². The van der Waals surface area contributed by atoms with Gasteiger partial charge < -0.3 is 9.64 Å². The smallest absolute Gasteiger partial charge is 0.277 e. The molecule has 1 fully saturated rings. The summed E-state index contributed by atoms with van der Waals surface area (Å²) in [5.41, 5.74) is -0.264. The lowest BCUT2D eigenvalue weighted by molar-refractivity contribution is 0.0685. The van der Waals surface area contributed by atoms with Crippen LogP contribution in [0.3, 0.4) is 0 Å². The Kier molecular flexibility index (Phi) is 4.05. The van der Waals surface area contributed by atoms with E-state index in [9.17, 15) is 17.6 Å². The van der Waals surface area contributed by atoms with E-state index in [0.717, 1.165) is 0 Å². The molecule has 128 valence electrons. The first-order valence-electron chi connectivity index (χ1n) is 7.49. The van der Waals surface area contributed by atoms with Crippen LogP contribution >= 0.6 is 0 Å². The van der Waals surface area contributed by atoms with Gasteiger partial charge in [0.25, 0.3) is 5.91 Å². The molecule has 0 bridgehead atoms. The van der Waals surface area contributed by atoms with Crippen LogP contribution in [-0.2, 0) is 16.6 Å². The normalized spacial score (nSPS) is 19.0. The zero-order valence-electron chi connectivity index (χ0n) is 13.0. The van der Waals surface area contributed by atoms with Crippen molar-refractivity contribution in [2.24, 2.45) is 0 Å². The molecule has 10 heteroatoms. The third-order valence-electron chi connectivity index (χ3n) is 4.08. The Bertz CT molecular complexity index is 723. The Morgan fingerprint density at radius 2 is 1.87 bits per heavy atom. The first-order valence-corrected chi connectivity index (χ1v) is 9.00. The van der Waals surface area contributed by atoms with E-state index >= 15 is 0 Å². The predicted molar refractivity (Wildman–Crippen MR) is 79.2 cm³/mol. The number of ether oxygens (including phenoxy) is 1. The summed E-state index contributed by atoms with van der Waals surface area (Å²) in [5, 5.41) is 3.45. The van der Waals surface area contributed by atoms with Crippen LogP contribution in [0.25, 0.3) is 0 Å². The number of carbonyl (C=O) groups is 1. The van der Waals surface area contributed by atoms with Crippen molar-refractivity contribution in [3.63, 3.8) is 0 Å². The summed E-state index contributed by atoms with van der Waals surface area (Å²) >= 11 is 0. The average molecular weight is 346 g/mol. The molecule has 2 aliphatic heterocycles. The van der Waals surface area contributed by atoms with E-state index in [0.29, 0.717) is 13.2 Å². The van der Waals surface area contributed by atoms with E-state index in [-0.39, 0.29) is 37.8 Å². The summed E-state index contributed by atoms with van der Waals surface area (Å²) < 4.78 is 46.2. The molecule has 2 aliphatic rings. The van der Waals surface area contributed by atoms with Crippen LogP contribution in [0.5, 0.6) is 5.88 Å². The second-order valence-electron chi connectivity index (χ2n) is 5.82. The summed E-state index contributed by atoms with van der Waals surface area (Å²) in [6.07, 6.45) is 0. The van der Waals surface area contributed by atoms with Crippen LogP contribution in [0, 0.1) is 5.82 Å². The number of rotatable bonds is 3. The van der Waals surface area contributed by atoms with Gasteiger partial charge in [0.2, 0.25) is 21.7 Å². The third-order valence-corrected chi connectivity index (χ3v) is 6.35. The first-order chi connectivity index (χ1) is 10.8. The first kappa shape index (κ1) is 16.2. The van der Waals surface area contributed by atoms with Gasteiger partial charge in [0, 0.05) is 26.2 Å². The minimum atomic E-state index is -3.34. The molecule has 0 unspecified atom stereocenters. The molecule has 8 nitrogen and oxygen atoms in total. The number of fused-ring (bicyclic) bond motifs is 1. The highest BCUT2D eigenvalue weighted by Gasteiger charge is 2.34. The molecule has 0 spiro atoms. The molecule has 1 saturated heterocycles. The Hall–Kier alpha value is -1.68. The number of sulfonamides is 1. The van der Waals surface area contributed by atoms with Crippen LogP contribution in [0.1, 0.15) is 24.3 Å². The standard InChI is InChI=1S/C13H19FN4O4S/c1-9(2)23(20,21)17-5-3-16(4-6-17)12(19)11-10(14)13-18(15-11)7-8-22-13/h9H,3-8H2,1-2H3. The van der Waals surface area contributed by atoms with Gasteiger partial charge >= 0.3 is 0 Å². The van der Waals surface area contributed by atoms with Crippen molar-refractivity contribution in [3.8, 4) is 5.88 Å². The molecule has 0 aliphatic carbocycles. The molecular formula is C13H19FN4O4S. The average Bonchev–Trinajstić information content (AvgIpc) is 3.10. The minimum Gasteiger partial charge on any atom is -0.474 e. The predicted octanol–water partition coefficient (Wildman–Crippen LogP) is -0.0894. The number of amides is 1. The molecule has 1 amide bonds. The van der Waals surface area contributed by atoms with Crippen molar-refractivity contribution < 1.29 is 22.3 Å². The second kappa shape index (κ2) is 5.75. The fourth-order valence-electron chi connectivity index (χ4n) is 2.67. The van der Waals surface area contributed by atoms with Crippen molar-refractivity contribution in [1.82, 2.24) is 19.0 Å². The molecule has 3 rings (SSSR count). The molecule has 0 aromatic carbocycles. The largest absolute Gasteiger partial charge is 0.474 e. The van der Waals surface area contributed by atoms with Crippen molar-refractivity contribution in [3.05, 3.63) is 11.5 Å². The van der Waals surface area contributed by atoms with Gasteiger partial charge in [0.05, 0.1) is 11.8 Å².